The van der Waals surface area contributed by atoms with E-state index in [9.17, 15) is 24.6 Å². The van der Waals surface area contributed by atoms with Gasteiger partial charge >= 0.3 is 11.9 Å². The van der Waals surface area contributed by atoms with Crippen LogP contribution in [0, 0.1) is 23.7 Å². The molecule has 0 bridgehead atoms. The molecule has 1 aromatic rings. The number of rotatable bonds is 25. The number of carbonyl (C=O) groups is 3. The second-order valence-electron chi connectivity index (χ2n) is 13.6. The van der Waals surface area contributed by atoms with Crippen molar-refractivity contribution < 1.29 is 43.5 Å². The van der Waals surface area contributed by atoms with Crippen LogP contribution >= 0.6 is 0 Å². The van der Waals surface area contributed by atoms with Crippen LogP contribution in [-0.4, -0.2) is 72.4 Å². The van der Waals surface area contributed by atoms with Crippen molar-refractivity contribution in [2.24, 2.45) is 11.8 Å². The average Bonchev–Trinajstić information content (AvgIpc) is 3.55. The van der Waals surface area contributed by atoms with E-state index in [1.807, 2.05) is 0 Å². The first-order valence-electron chi connectivity index (χ1n) is 18.4. The second-order valence-corrected chi connectivity index (χ2v) is 13.6. The predicted octanol–water partition coefficient (Wildman–Crippen LogP) is 6.77. The minimum atomic E-state index is -2.37. The van der Waals surface area contributed by atoms with Gasteiger partial charge in [-0.3, -0.25) is 4.79 Å². The summed E-state index contributed by atoms with van der Waals surface area (Å²) in [5.74, 6) is 1.14. The molecule has 1 aromatic carbocycles. The Morgan fingerprint density at radius 1 is 1.00 bits per heavy atom. The average molecular weight is 700 g/mol. The first kappa shape index (κ1) is 42.8. The minimum absolute atomic E-state index is 0.0931. The molecule has 0 saturated carbocycles. The van der Waals surface area contributed by atoms with Gasteiger partial charge in [0.05, 0.1) is 26.2 Å². The van der Waals surface area contributed by atoms with Crippen molar-refractivity contribution >= 4 is 17.8 Å². The fraction of sp³-hybridized carbons (Fsp3) is 0.675. The van der Waals surface area contributed by atoms with Crippen LogP contribution in [-0.2, 0) is 35.0 Å². The molecular formula is C40H61NO9. The van der Waals surface area contributed by atoms with Crippen LogP contribution < -0.4 is 10.1 Å². The Hall–Kier alpha value is -3.39. The molecule has 1 amide bonds. The number of carboxylic acid groups (broad SMARTS) is 1. The van der Waals surface area contributed by atoms with Gasteiger partial charge in [-0.15, -0.1) is 5.92 Å². The maximum absolute atomic E-state index is 13.7. The highest BCUT2D eigenvalue weighted by atomic mass is 16.7. The number of benzene rings is 1. The summed E-state index contributed by atoms with van der Waals surface area (Å²) in [7, 11) is 1.22. The number of allylic oxidation sites excluding steroid dienone is 1. The van der Waals surface area contributed by atoms with E-state index in [-0.39, 0.29) is 25.4 Å². The Kier molecular flexibility index (Phi) is 19.8. The molecule has 1 heterocycles. The molecule has 1 saturated heterocycles. The van der Waals surface area contributed by atoms with E-state index in [2.05, 4.69) is 24.1 Å². The Morgan fingerprint density at radius 3 is 2.18 bits per heavy atom. The summed E-state index contributed by atoms with van der Waals surface area (Å²) in [6, 6.07) is 5.91. The quantitative estimate of drug-likeness (QED) is 0.0437. The molecule has 50 heavy (non-hydrogen) atoms. The monoisotopic (exact) mass is 699 g/mol. The number of aliphatic carboxylic acids is 1. The third-order valence-electron chi connectivity index (χ3n) is 9.02. The van der Waals surface area contributed by atoms with Gasteiger partial charge in [-0.25, -0.2) is 9.59 Å². The zero-order chi connectivity index (χ0) is 36.8. The normalized spacial score (nSPS) is 16.3. The van der Waals surface area contributed by atoms with Crippen LogP contribution in [0.2, 0.25) is 0 Å². The van der Waals surface area contributed by atoms with E-state index >= 15 is 0 Å². The zero-order valence-corrected chi connectivity index (χ0v) is 31.0. The third kappa shape index (κ3) is 14.8. The number of esters is 1. The topological polar surface area (TPSA) is 141 Å². The van der Waals surface area contributed by atoms with Gasteiger partial charge in [-0.05, 0) is 62.6 Å². The number of hydrogen-bond donors (Lipinski definition) is 3. The van der Waals surface area contributed by atoms with Gasteiger partial charge in [-0.1, -0.05) is 89.5 Å². The van der Waals surface area contributed by atoms with Crippen molar-refractivity contribution in [3.63, 3.8) is 0 Å². The fourth-order valence-corrected chi connectivity index (χ4v) is 6.33. The van der Waals surface area contributed by atoms with Gasteiger partial charge in [0.2, 0.25) is 5.91 Å². The highest BCUT2D eigenvalue weighted by molar-refractivity contribution is 5.92. The molecule has 280 valence electrons. The van der Waals surface area contributed by atoms with Gasteiger partial charge in [0.25, 0.3) is 0 Å². The number of amides is 1. The van der Waals surface area contributed by atoms with E-state index in [0.717, 1.165) is 50.5 Å². The lowest BCUT2D eigenvalue weighted by atomic mass is 9.79. The largest absolute Gasteiger partial charge is 0.481 e. The standard InChI is InChI=1S/C40H61NO9/c1-6-8-10-14-17-24-39(49-27-28-50-39)25-18-15-12-11-13-16-19-34(40(46,38(44)45)30-31(3)4)36(42)41-35(37(43)47-5)29-32-20-22-33(23-21-32)48-26-9-7-2/h16,19-23,31,34-35,46H,6,8,10-15,17-18,24-30H2,1-5H3,(H,41,42)(H,44,45)/b19-16+/t34-,35+,40+/m1/s1. The van der Waals surface area contributed by atoms with Crippen LogP contribution in [0.5, 0.6) is 5.75 Å². The molecule has 2 rings (SSSR count). The van der Waals surface area contributed by atoms with Crippen molar-refractivity contribution in [1.29, 1.82) is 0 Å². The van der Waals surface area contributed by atoms with Gasteiger partial charge in [0.15, 0.2) is 11.4 Å². The Morgan fingerprint density at radius 2 is 1.62 bits per heavy atom. The van der Waals surface area contributed by atoms with Gasteiger partial charge in [0, 0.05) is 19.3 Å². The van der Waals surface area contributed by atoms with Gasteiger partial charge in [0.1, 0.15) is 18.4 Å². The maximum Gasteiger partial charge on any atom is 0.336 e. The van der Waals surface area contributed by atoms with Crippen LogP contribution in [0.15, 0.2) is 36.4 Å². The third-order valence-corrected chi connectivity index (χ3v) is 9.02. The van der Waals surface area contributed by atoms with Crippen molar-refractivity contribution in [3.05, 3.63) is 42.0 Å². The van der Waals surface area contributed by atoms with Crippen molar-refractivity contribution in [2.75, 3.05) is 26.9 Å². The van der Waals surface area contributed by atoms with Crippen molar-refractivity contribution in [1.82, 2.24) is 5.32 Å². The molecule has 10 heteroatoms. The van der Waals surface area contributed by atoms with Crippen LogP contribution in [0.1, 0.15) is 117 Å². The van der Waals surface area contributed by atoms with E-state index < -0.39 is 41.2 Å². The molecule has 0 radical (unpaired) electrons. The van der Waals surface area contributed by atoms with Crippen molar-refractivity contribution in [2.45, 2.75) is 135 Å². The van der Waals surface area contributed by atoms with Crippen molar-refractivity contribution in [3.8, 4) is 17.6 Å². The molecular weight excluding hydrogens is 638 g/mol. The number of nitrogens with one attached hydrogen (secondary N) is 1. The van der Waals surface area contributed by atoms with Crippen LogP contribution in [0.25, 0.3) is 0 Å². The molecule has 0 aromatic heterocycles. The second kappa shape index (κ2) is 23.2. The number of ether oxygens (including phenoxy) is 4. The molecule has 3 N–H and O–H groups in total. The highest BCUT2D eigenvalue weighted by Gasteiger charge is 2.47. The molecule has 1 aliphatic heterocycles. The number of methoxy groups -OCH3 is 1. The first-order valence-corrected chi connectivity index (χ1v) is 18.4. The lowest BCUT2D eigenvalue weighted by molar-refractivity contribution is -0.169. The predicted molar refractivity (Wildman–Crippen MR) is 193 cm³/mol. The number of aliphatic hydroxyl groups is 1. The molecule has 1 fully saturated rings. The molecule has 0 unspecified atom stereocenters. The minimum Gasteiger partial charge on any atom is -0.481 e. The Bertz CT molecular complexity index is 1240. The molecule has 0 aliphatic carbocycles. The Labute approximate surface area is 299 Å². The number of hydrogen-bond acceptors (Lipinski definition) is 8. The lowest BCUT2D eigenvalue weighted by Crippen LogP contribution is -2.55. The van der Waals surface area contributed by atoms with Crippen LogP contribution in [0.4, 0.5) is 0 Å². The summed E-state index contributed by atoms with van der Waals surface area (Å²) < 4.78 is 22.6. The molecule has 1 aliphatic rings. The first-order chi connectivity index (χ1) is 24.0. The summed E-state index contributed by atoms with van der Waals surface area (Å²) in [6.45, 7) is 9.05. The Balaban J connectivity index is 2.03. The summed E-state index contributed by atoms with van der Waals surface area (Å²) in [6.07, 6.45) is 15.4. The molecule has 3 atom stereocenters. The fourth-order valence-electron chi connectivity index (χ4n) is 6.33. The smallest absolute Gasteiger partial charge is 0.336 e. The van der Waals surface area contributed by atoms with E-state index in [1.54, 1.807) is 51.1 Å². The molecule has 0 spiro atoms. The van der Waals surface area contributed by atoms with Gasteiger partial charge in [-0.2, -0.15) is 0 Å². The zero-order valence-electron chi connectivity index (χ0n) is 31.0. The maximum atomic E-state index is 13.7. The number of unbranched alkanes of at least 4 members (excludes halogenated alkanes) is 8. The summed E-state index contributed by atoms with van der Waals surface area (Å²) in [5.41, 5.74) is -1.65. The number of carboxylic acids is 1. The lowest BCUT2D eigenvalue weighted by Gasteiger charge is -2.32. The number of carbonyl (C=O) groups excluding carboxylic acids is 2. The summed E-state index contributed by atoms with van der Waals surface area (Å²) in [4.78, 5) is 39.0. The van der Waals surface area contributed by atoms with Gasteiger partial charge < -0.3 is 34.5 Å². The summed E-state index contributed by atoms with van der Waals surface area (Å²) >= 11 is 0. The highest BCUT2D eigenvalue weighted by Crippen LogP contribution is 2.32. The summed E-state index contributed by atoms with van der Waals surface area (Å²) in [5, 5.41) is 24.2. The van der Waals surface area contributed by atoms with E-state index in [1.165, 1.54) is 38.9 Å². The van der Waals surface area contributed by atoms with E-state index in [0.29, 0.717) is 25.4 Å². The van der Waals surface area contributed by atoms with E-state index in [4.69, 9.17) is 18.9 Å². The SMILES string of the molecule is CC#CCOc1ccc(C[C@H](NC(=O)[C@@H](/C=C/CCCCCCC2(CCCCCCC)OCCO2)[C@@](O)(CC(C)C)C(=O)O)C(=O)OC)cc1. The molecule has 10 nitrogen and oxygen atoms in total. The van der Waals surface area contributed by atoms with Crippen LogP contribution in [0.3, 0.4) is 0 Å².